The van der Waals surface area contributed by atoms with Crippen LogP contribution in [-0.2, 0) is 14.4 Å². The first-order valence-electron chi connectivity index (χ1n) is 12.2. The lowest BCUT2D eigenvalue weighted by molar-refractivity contribution is -0.122. The fourth-order valence-corrected chi connectivity index (χ4v) is 4.46. The van der Waals surface area contributed by atoms with Gasteiger partial charge in [-0.1, -0.05) is 41.4 Å². The highest BCUT2D eigenvalue weighted by atomic mass is 35.5. The van der Waals surface area contributed by atoms with Crippen molar-refractivity contribution < 1.29 is 28.7 Å². The van der Waals surface area contributed by atoms with E-state index in [0.29, 0.717) is 21.8 Å². The highest BCUT2D eigenvalue weighted by Crippen LogP contribution is 2.38. The highest BCUT2D eigenvalue weighted by Gasteiger charge is 2.37. The summed E-state index contributed by atoms with van der Waals surface area (Å²) in [5, 5.41) is 5.37. The summed E-state index contributed by atoms with van der Waals surface area (Å²) in [6, 6.07) is 14.2. The van der Waals surface area contributed by atoms with Crippen LogP contribution in [0, 0.1) is 13.8 Å². The zero-order chi connectivity index (χ0) is 29.0. The van der Waals surface area contributed by atoms with Crippen molar-refractivity contribution in [3.05, 3.63) is 86.9 Å². The van der Waals surface area contributed by atoms with Crippen LogP contribution >= 0.6 is 23.2 Å². The van der Waals surface area contributed by atoms with Gasteiger partial charge < -0.3 is 14.8 Å². The number of aryl methyl sites for hydroxylation is 1. The molecule has 3 aromatic rings. The van der Waals surface area contributed by atoms with Gasteiger partial charge in [0.25, 0.3) is 17.7 Å². The molecular weight excluding hydrogens is 557 g/mol. The van der Waals surface area contributed by atoms with E-state index in [4.69, 9.17) is 32.7 Å². The molecule has 0 aliphatic carbocycles. The van der Waals surface area contributed by atoms with E-state index in [1.165, 1.54) is 18.2 Å². The predicted octanol–water partition coefficient (Wildman–Crippen LogP) is 5.69. The van der Waals surface area contributed by atoms with E-state index in [0.717, 1.165) is 10.5 Å². The van der Waals surface area contributed by atoms with E-state index < -0.39 is 23.8 Å². The van der Waals surface area contributed by atoms with Gasteiger partial charge in [0.2, 0.25) is 0 Å². The third-order valence-electron chi connectivity index (χ3n) is 5.87. The first-order valence-corrected chi connectivity index (χ1v) is 13.0. The molecule has 0 spiro atoms. The lowest BCUT2D eigenvalue weighted by Gasteiger charge is -2.27. The van der Waals surface area contributed by atoms with Crippen LogP contribution in [-0.4, -0.2) is 37.0 Å². The van der Waals surface area contributed by atoms with E-state index in [1.807, 2.05) is 25.1 Å². The molecule has 206 valence electrons. The van der Waals surface area contributed by atoms with Gasteiger partial charge in [0.1, 0.15) is 5.57 Å². The maximum atomic E-state index is 13.3. The van der Waals surface area contributed by atoms with Crippen LogP contribution < -0.4 is 25.0 Å². The lowest BCUT2D eigenvalue weighted by Crippen LogP contribution is -2.54. The van der Waals surface area contributed by atoms with E-state index in [2.05, 4.69) is 10.6 Å². The number of carbonyl (C=O) groups excluding carboxylic acids is 4. The Balaban J connectivity index is 1.60. The third kappa shape index (κ3) is 6.27. The molecule has 0 unspecified atom stereocenters. The van der Waals surface area contributed by atoms with Crippen molar-refractivity contribution in [3.8, 4) is 11.5 Å². The minimum atomic E-state index is -0.891. The van der Waals surface area contributed by atoms with Gasteiger partial charge in [0, 0.05) is 10.7 Å². The third-order valence-corrected chi connectivity index (χ3v) is 6.56. The molecule has 1 aliphatic rings. The molecule has 0 radical (unpaired) electrons. The molecule has 1 fully saturated rings. The SMILES string of the molecule is CCOc1cc(/C=C2\C(=O)NC(=O)N(c3cccc(Cl)c3C)C2=O)cc(Cl)c1OCC(=O)Nc1cccc(C)c1. The number of hydrogen-bond acceptors (Lipinski definition) is 6. The maximum absolute atomic E-state index is 13.3. The van der Waals surface area contributed by atoms with Crippen molar-refractivity contribution in [1.82, 2.24) is 5.32 Å². The fraction of sp³-hybridized carbons (Fsp3) is 0.172. The van der Waals surface area contributed by atoms with Crippen LogP contribution in [0.3, 0.4) is 0 Å². The molecule has 1 heterocycles. The maximum Gasteiger partial charge on any atom is 0.335 e. The van der Waals surface area contributed by atoms with Crippen LogP contribution in [0.25, 0.3) is 6.08 Å². The number of barbiturate groups is 1. The van der Waals surface area contributed by atoms with Crippen LogP contribution in [0.2, 0.25) is 10.0 Å². The molecule has 1 saturated heterocycles. The van der Waals surface area contributed by atoms with Crippen molar-refractivity contribution in [2.24, 2.45) is 0 Å². The zero-order valence-electron chi connectivity index (χ0n) is 21.8. The number of rotatable bonds is 8. The van der Waals surface area contributed by atoms with Gasteiger partial charge in [-0.3, -0.25) is 19.7 Å². The molecular formula is C29H25Cl2N3O6. The Kier molecular flexibility index (Phi) is 8.77. The second-order valence-electron chi connectivity index (χ2n) is 8.81. The summed E-state index contributed by atoms with van der Waals surface area (Å²) >= 11 is 12.7. The molecule has 3 aromatic carbocycles. The first-order chi connectivity index (χ1) is 19.1. The van der Waals surface area contributed by atoms with E-state index in [1.54, 1.807) is 38.1 Å². The molecule has 40 heavy (non-hydrogen) atoms. The number of halogens is 2. The smallest absolute Gasteiger partial charge is 0.335 e. The minimum absolute atomic E-state index is 0.0865. The van der Waals surface area contributed by atoms with Crippen LogP contribution in [0.5, 0.6) is 11.5 Å². The monoisotopic (exact) mass is 581 g/mol. The largest absolute Gasteiger partial charge is 0.490 e. The quantitative estimate of drug-likeness (QED) is 0.261. The van der Waals surface area contributed by atoms with Gasteiger partial charge in [0.15, 0.2) is 18.1 Å². The number of imide groups is 2. The van der Waals surface area contributed by atoms with Crippen LogP contribution in [0.1, 0.15) is 23.6 Å². The standard InChI is InChI=1S/C29H25Cl2N3O6/c1-4-39-24-14-18(13-22(31)26(24)40-15-25(35)32-19-8-5-7-16(2)11-19)12-20-27(36)33-29(38)34(28(20)37)23-10-6-9-21(30)17(23)3/h5-14H,4,15H2,1-3H3,(H,32,35)(H,33,36,38)/b20-12+. The summed E-state index contributed by atoms with van der Waals surface area (Å²) in [5.74, 6) is -1.78. The van der Waals surface area contributed by atoms with Gasteiger partial charge in [-0.05, 0) is 79.9 Å². The number of amides is 5. The Morgan fingerprint density at radius 1 is 1.00 bits per heavy atom. The number of nitrogens with zero attached hydrogens (tertiary/aromatic N) is 1. The number of ether oxygens (including phenoxy) is 2. The lowest BCUT2D eigenvalue weighted by atomic mass is 10.1. The minimum Gasteiger partial charge on any atom is -0.490 e. The summed E-state index contributed by atoms with van der Waals surface area (Å²) < 4.78 is 11.4. The molecule has 4 rings (SSSR count). The Hall–Kier alpha value is -4.34. The van der Waals surface area contributed by atoms with E-state index in [9.17, 15) is 19.2 Å². The van der Waals surface area contributed by atoms with Crippen molar-refractivity contribution in [2.75, 3.05) is 23.4 Å². The second kappa shape index (κ2) is 12.2. The topological polar surface area (TPSA) is 114 Å². The van der Waals surface area contributed by atoms with Crippen LogP contribution in [0.4, 0.5) is 16.2 Å². The molecule has 1 aliphatic heterocycles. The van der Waals surface area contributed by atoms with Crippen molar-refractivity contribution in [2.45, 2.75) is 20.8 Å². The Bertz CT molecular complexity index is 1550. The number of benzene rings is 3. The summed E-state index contributed by atoms with van der Waals surface area (Å²) in [6.45, 7) is 5.23. The van der Waals surface area contributed by atoms with Gasteiger partial charge >= 0.3 is 6.03 Å². The predicted molar refractivity (Wildman–Crippen MR) is 153 cm³/mol. The van der Waals surface area contributed by atoms with Gasteiger partial charge in [-0.25, -0.2) is 9.69 Å². The van der Waals surface area contributed by atoms with Crippen molar-refractivity contribution in [3.63, 3.8) is 0 Å². The second-order valence-corrected chi connectivity index (χ2v) is 9.63. The van der Waals surface area contributed by atoms with Crippen molar-refractivity contribution in [1.29, 1.82) is 0 Å². The van der Waals surface area contributed by atoms with E-state index >= 15 is 0 Å². The molecule has 0 bridgehead atoms. The Morgan fingerprint density at radius 3 is 2.48 bits per heavy atom. The normalized spacial score (nSPS) is 14.3. The first kappa shape index (κ1) is 28.7. The van der Waals surface area contributed by atoms with Gasteiger partial charge in [-0.2, -0.15) is 0 Å². The molecule has 11 heteroatoms. The molecule has 0 saturated carbocycles. The van der Waals surface area contributed by atoms with E-state index in [-0.39, 0.29) is 41.0 Å². The molecule has 9 nitrogen and oxygen atoms in total. The van der Waals surface area contributed by atoms with Gasteiger partial charge in [-0.15, -0.1) is 0 Å². The Morgan fingerprint density at radius 2 is 1.75 bits per heavy atom. The number of anilines is 2. The van der Waals surface area contributed by atoms with Gasteiger partial charge in [0.05, 0.1) is 17.3 Å². The summed E-state index contributed by atoms with van der Waals surface area (Å²) in [7, 11) is 0. The summed E-state index contributed by atoms with van der Waals surface area (Å²) in [6.07, 6.45) is 1.29. The summed E-state index contributed by atoms with van der Waals surface area (Å²) in [4.78, 5) is 51.9. The fourth-order valence-electron chi connectivity index (χ4n) is 4.01. The highest BCUT2D eigenvalue weighted by molar-refractivity contribution is 6.40. The Labute approximate surface area is 240 Å². The van der Waals surface area contributed by atoms with Crippen molar-refractivity contribution >= 4 is 64.4 Å². The number of nitrogens with one attached hydrogen (secondary N) is 2. The number of carbonyl (C=O) groups is 4. The molecule has 2 N–H and O–H groups in total. The molecule has 0 atom stereocenters. The number of urea groups is 1. The average Bonchev–Trinajstić information content (AvgIpc) is 2.88. The van der Waals surface area contributed by atoms with Crippen LogP contribution in [0.15, 0.2) is 60.2 Å². The molecule has 0 aromatic heterocycles. The number of hydrogen-bond donors (Lipinski definition) is 2. The zero-order valence-corrected chi connectivity index (χ0v) is 23.4. The summed E-state index contributed by atoms with van der Waals surface area (Å²) in [5.41, 5.74) is 2.39. The average molecular weight is 582 g/mol. The molecule has 5 amide bonds.